The number of rotatable bonds is 5. The second-order valence-electron chi connectivity index (χ2n) is 5.41. The SMILES string of the molecule is COc1cc(OC)c(C(=O)Nc2ccc3c(c2)CCN3)cc1OC.Cl. The maximum absolute atomic E-state index is 12.7. The van der Waals surface area contributed by atoms with Crippen LogP contribution in [0.15, 0.2) is 30.3 Å². The number of ether oxygens (including phenoxy) is 3. The van der Waals surface area contributed by atoms with Crippen molar-refractivity contribution in [3.63, 3.8) is 0 Å². The van der Waals surface area contributed by atoms with Gasteiger partial charge in [0.2, 0.25) is 0 Å². The van der Waals surface area contributed by atoms with Gasteiger partial charge in [0.15, 0.2) is 11.5 Å². The van der Waals surface area contributed by atoms with Crippen LogP contribution < -0.4 is 24.8 Å². The summed E-state index contributed by atoms with van der Waals surface area (Å²) >= 11 is 0. The first kappa shape index (κ1) is 18.7. The first-order valence-corrected chi connectivity index (χ1v) is 7.64. The van der Waals surface area contributed by atoms with Crippen LogP contribution in [0.2, 0.25) is 0 Å². The van der Waals surface area contributed by atoms with E-state index < -0.39 is 0 Å². The van der Waals surface area contributed by atoms with Gasteiger partial charge < -0.3 is 24.8 Å². The molecule has 0 aliphatic carbocycles. The Morgan fingerprint density at radius 2 is 1.68 bits per heavy atom. The normalized spacial score (nSPS) is 11.6. The van der Waals surface area contributed by atoms with Gasteiger partial charge >= 0.3 is 0 Å². The van der Waals surface area contributed by atoms with Gasteiger partial charge in [0.05, 0.1) is 26.9 Å². The van der Waals surface area contributed by atoms with Gasteiger partial charge in [-0.3, -0.25) is 4.79 Å². The molecule has 2 aromatic rings. The van der Waals surface area contributed by atoms with Crippen LogP contribution in [0.1, 0.15) is 15.9 Å². The molecule has 0 saturated carbocycles. The number of fused-ring (bicyclic) bond motifs is 1. The molecular formula is C18H21ClN2O4. The Hall–Kier alpha value is -2.60. The predicted molar refractivity (Wildman–Crippen MR) is 99.9 cm³/mol. The molecule has 3 rings (SSSR count). The number of hydrogen-bond acceptors (Lipinski definition) is 5. The summed E-state index contributed by atoms with van der Waals surface area (Å²) in [5, 5.41) is 6.20. The Morgan fingerprint density at radius 3 is 2.36 bits per heavy atom. The predicted octanol–water partition coefficient (Wildman–Crippen LogP) is 3.35. The van der Waals surface area contributed by atoms with Gasteiger partial charge in [-0.1, -0.05) is 0 Å². The Kier molecular flexibility index (Phi) is 5.98. The summed E-state index contributed by atoms with van der Waals surface area (Å²) in [5.41, 5.74) is 3.46. The molecule has 0 fully saturated rings. The molecule has 0 radical (unpaired) electrons. The fourth-order valence-corrected chi connectivity index (χ4v) is 2.79. The Bertz CT molecular complexity index is 780. The molecule has 1 heterocycles. The smallest absolute Gasteiger partial charge is 0.259 e. The molecule has 0 bridgehead atoms. The molecule has 2 aromatic carbocycles. The lowest BCUT2D eigenvalue weighted by Gasteiger charge is -2.14. The molecule has 0 spiro atoms. The number of carbonyl (C=O) groups is 1. The van der Waals surface area contributed by atoms with Gasteiger partial charge in [0.25, 0.3) is 5.91 Å². The van der Waals surface area contributed by atoms with Crippen LogP contribution in [-0.2, 0) is 6.42 Å². The van der Waals surface area contributed by atoms with Crippen molar-refractivity contribution < 1.29 is 19.0 Å². The maximum atomic E-state index is 12.7. The van der Waals surface area contributed by atoms with E-state index in [2.05, 4.69) is 10.6 Å². The molecule has 0 saturated heterocycles. The fourth-order valence-electron chi connectivity index (χ4n) is 2.79. The number of halogens is 1. The summed E-state index contributed by atoms with van der Waals surface area (Å²) in [6.45, 7) is 0.927. The van der Waals surface area contributed by atoms with Gasteiger partial charge in [0.1, 0.15) is 5.75 Å². The molecule has 1 amide bonds. The molecule has 0 atom stereocenters. The van der Waals surface area contributed by atoms with E-state index in [-0.39, 0.29) is 18.3 Å². The summed E-state index contributed by atoms with van der Waals surface area (Å²) < 4.78 is 15.8. The Morgan fingerprint density at radius 1 is 1.00 bits per heavy atom. The van der Waals surface area contributed by atoms with E-state index in [1.165, 1.54) is 26.9 Å². The molecule has 1 aliphatic heterocycles. The van der Waals surface area contributed by atoms with Crippen LogP contribution in [-0.4, -0.2) is 33.8 Å². The van der Waals surface area contributed by atoms with Crippen molar-refractivity contribution in [3.05, 3.63) is 41.5 Å². The van der Waals surface area contributed by atoms with Crippen LogP contribution in [0.25, 0.3) is 0 Å². The number of carbonyl (C=O) groups excluding carboxylic acids is 1. The summed E-state index contributed by atoms with van der Waals surface area (Å²) in [7, 11) is 4.58. The van der Waals surface area contributed by atoms with E-state index in [0.29, 0.717) is 22.8 Å². The largest absolute Gasteiger partial charge is 0.496 e. The van der Waals surface area contributed by atoms with E-state index in [4.69, 9.17) is 14.2 Å². The lowest BCUT2D eigenvalue weighted by Crippen LogP contribution is -2.13. The zero-order valence-electron chi connectivity index (χ0n) is 14.3. The van der Waals surface area contributed by atoms with E-state index >= 15 is 0 Å². The maximum Gasteiger partial charge on any atom is 0.259 e. The quantitative estimate of drug-likeness (QED) is 0.851. The van der Waals surface area contributed by atoms with Crippen molar-refractivity contribution in [2.24, 2.45) is 0 Å². The third-order valence-electron chi connectivity index (χ3n) is 4.02. The van der Waals surface area contributed by atoms with E-state index in [9.17, 15) is 4.79 Å². The highest BCUT2D eigenvalue weighted by molar-refractivity contribution is 6.06. The highest BCUT2D eigenvalue weighted by Crippen LogP contribution is 2.35. The Labute approximate surface area is 152 Å². The number of nitrogens with one attached hydrogen (secondary N) is 2. The minimum absolute atomic E-state index is 0. The first-order valence-electron chi connectivity index (χ1n) is 7.64. The molecule has 0 unspecified atom stereocenters. The van der Waals surface area contributed by atoms with Gasteiger partial charge in [-0.05, 0) is 30.2 Å². The molecule has 2 N–H and O–H groups in total. The topological polar surface area (TPSA) is 68.8 Å². The minimum Gasteiger partial charge on any atom is -0.496 e. The van der Waals surface area contributed by atoms with Crippen LogP contribution >= 0.6 is 12.4 Å². The van der Waals surface area contributed by atoms with Crippen LogP contribution in [0.3, 0.4) is 0 Å². The van der Waals surface area contributed by atoms with Gasteiger partial charge in [-0.25, -0.2) is 0 Å². The number of methoxy groups -OCH3 is 3. The highest BCUT2D eigenvalue weighted by atomic mass is 35.5. The summed E-state index contributed by atoms with van der Waals surface area (Å²) in [6.07, 6.45) is 0.957. The van der Waals surface area contributed by atoms with Gasteiger partial charge in [-0.2, -0.15) is 0 Å². The van der Waals surface area contributed by atoms with Crippen LogP contribution in [0.4, 0.5) is 11.4 Å². The standard InChI is InChI=1S/C18H20N2O4.ClH/c1-22-15-10-17(24-3)16(23-2)9-13(15)18(21)20-12-4-5-14-11(8-12)6-7-19-14;/h4-5,8-10,19H,6-7H2,1-3H3,(H,20,21);1H. The number of amides is 1. The molecule has 0 aromatic heterocycles. The van der Waals surface area contributed by atoms with Crippen molar-refractivity contribution in [2.75, 3.05) is 38.5 Å². The fraction of sp³-hybridized carbons (Fsp3) is 0.278. The Balaban J connectivity index is 0.00000225. The number of benzene rings is 2. The minimum atomic E-state index is -0.265. The first-order chi connectivity index (χ1) is 11.7. The summed E-state index contributed by atoms with van der Waals surface area (Å²) in [4.78, 5) is 12.7. The molecule has 25 heavy (non-hydrogen) atoms. The zero-order chi connectivity index (χ0) is 17.1. The summed E-state index contributed by atoms with van der Waals surface area (Å²) in [6, 6.07) is 9.09. The van der Waals surface area contributed by atoms with Crippen molar-refractivity contribution in [3.8, 4) is 17.2 Å². The second kappa shape index (κ2) is 7.98. The lowest BCUT2D eigenvalue weighted by molar-refractivity contribution is 0.102. The highest BCUT2D eigenvalue weighted by Gasteiger charge is 2.18. The van der Waals surface area contributed by atoms with Crippen molar-refractivity contribution >= 4 is 29.7 Å². The van der Waals surface area contributed by atoms with Crippen molar-refractivity contribution in [1.29, 1.82) is 0 Å². The number of anilines is 2. The lowest BCUT2D eigenvalue weighted by atomic mass is 10.1. The third-order valence-corrected chi connectivity index (χ3v) is 4.02. The van der Waals surface area contributed by atoms with Crippen molar-refractivity contribution in [1.82, 2.24) is 0 Å². The van der Waals surface area contributed by atoms with Gasteiger partial charge in [-0.15, -0.1) is 12.4 Å². The monoisotopic (exact) mass is 364 g/mol. The average Bonchev–Trinajstić information content (AvgIpc) is 3.08. The number of hydrogen-bond donors (Lipinski definition) is 2. The van der Waals surface area contributed by atoms with E-state index in [0.717, 1.165) is 24.3 Å². The average molecular weight is 365 g/mol. The molecule has 6 nitrogen and oxygen atoms in total. The molecule has 134 valence electrons. The van der Waals surface area contributed by atoms with Crippen LogP contribution in [0.5, 0.6) is 17.2 Å². The third kappa shape index (κ3) is 3.74. The van der Waals surface area contributed by atoms with Gasteiger partial charge in [0, 0.05) is 30.1 Å². The van der Waals surface area contributed by atoms with Crippen molar-refractivity contribution in [2.45, 2.75) is 6.42 Å². The van der Waals surface area contributed by atoms with Crippen LogP contribution in [0, 0.1) is 0 Å². The molecule has 1 aliphatic rings. The van der Waals surface area contributed by atoms with E-state index in [1.54, 1.807) is 12.1 Å². The van der Waals surface area contributed by atoms with E-state index in [1.807, 2.05) is 18.2 Å². The summed E-state index contributed by atoms with van der Waals surface area (Å²) in [5.74, 6) is 1.14. The molecule has 7 heteroatoms. The zero-order valence-corrected chi connectivity index (χ0v) is 15.2. The molecular weight excluding hydrogens is 344 g/mol. The second-order valence-corrected chi connectivity index (χ2v) is 5.41.